The van der Waals surface area contributed by atoms with Crippen molar-refractivity contribution in [2.75, 3.05) is 33.3 Å². The molecule has 0 bridgehead atoms. The lowest BCUT2D eigenvalue weighted by atomic mass is 10.0. The molecule has 1 aromatic carbocycles. The molecule has 5 nitrogen and oxygen atoms in total. The quantitative estimate of drug-likeness (QED) is 0.815. The van der Waals surface area contributed by atoms with Crippen LogP contribution in [-0.2, 0) is 4.79 Å². The molecule has 5 heteroatoms. The highest BCUT2D eigenvalue weighted by atomic mass is 16.5. The van der Waals surface area contributed by atoms with E-state index in [4.69, 9.17) is 4.74 Å². The van der Waals surface area contributed by atoms with E-state index in [1.807, 2.05) is 12.1 Å². The average molecular weight is 357 g/mol. The van der Waals surface area contributed by atoms with Crippen LogP contribution in [0.15, 0.2) is 24.3 Å². The molecule has 2 atom stereocenters. The number of rotatable bonds is 7. The number of methoxy groups -OCH3 is 1. The van der Waals surface area contributed by atoms with Crippen molar-refractivity contribution < 1.29 is 9.53 Å². The Labute approximate surface area is 156 Å². The summed E-state index contributed by atoms with van der Waals surface area (Å²) in [6.45, 7) is 4.02. The van der Waals surface area contributed by atoms with E-state index in [1.54, 1.807) is 7.11 Å². The van der Waals surface area contributed by atoms with E-state index in [9.17, 15) is 4.79 Å². The Bertz CT molecular complexity index is 608. The Morgan fingerprint density at radius 2 is 1.85 bits per heavy atom. The molecule has 3 aliphatic rings. The highest BCUT2D eigenvalue weighted by molar-refractivity contribution is 5.82. The standard InChI is InChI=1S/C21H31N3O2/c1-26-18-10-6-16(7-11-18)20(23-12-2-3-13-23)15-22-21(25)19-5-4-14-24(19)17-8-9-17/h6-7,10-11,17,19-20H,2-5,8-9,12-15H2,1H3,(H,22,25)/t19-,20-/m1/s1. The molecule has 2 heterocycles. The van der Waals surface area contributed by atoms with Crippen LogP contribution < -0.4 is 10.1 Å². The van der Waals surface area contributed by atoms with Crippen LogP contribution in [0.2, 0.25) is 0 Å². The number of likely N-dealkylation sites (tertiary alicyclic amines) is 2. The van der Waals surface area contributed by atoms with E-state index >= 15 is 0 Å². The molecule has 4 rings (SSSR count). The number of nitrogens with one attached hydrogen (secondary N) is 1. The summed E-state index contributed by atoms with van der Waals surface area (Å²) in [5.41, 5.74) is 1.26. The van der Waals surface area contributed by atoms with Gasteiger partial charge >= 0.3 is 0 Å². The minimum atomic E-state index is 0.0950. The zero-order valence-corrected chi connectivity index (χ0v) is 15.8. The third kappa shape index (κ3) is 3.89. The van der Waals surface area contributed by atoms with E-state index in [-0.39, 0.29) is 18.0 Å². The van der Waals surface area contributed by atoms with Gasteiger partial charge in [0.1, 0.15) is 5.75 Å². The molecular weight excluding hydrogens is 326 g/mol. The first kappa shape index (κ1) is 17.8. The smallest absolute Gasteiger partial charge is 0.237 e. The van der Waals surface area contributed by atoms with Crippen LogP contribution in [-0.4, -0.2) is 61.1 Å². The highest BCUT2D eigenvalue weighted by Gasteiger charge is 2.40. The van der Waals surface area contributed by atoms with Crippen molar-refractivity contribution in [1.82, 2.24) is 15.1 Å². The maximum Gasteiger partial charge on any atom is 0.237 e. The van der Waals surface area contributed by atoms with E-state index in [2.05, 4.69) is 27.2 Å². The fraction of sp³-hybridized carbons (Fsp3) is 0.667. The van der Waals surface area contributed by atoms with Gasteiger partial charge in [0, 0.05) is 12.6 Å². The van der Waals surface area contributed by atoms with Gasteiger partial charge in [0.15, 0.2) is 0 Å². The molecule has 2 aliphatic heterocycles. The second-order valence-corrected chi connectivity index (χ2v) is 7.90. The molecule has 1 saturated carbocycles. The van der Waals surface area contributed by atoms with Gasteiger partial charge in [-0.15, -0.1) is 0 Å². The summed E-state index contributed by atoms with van der Waals surface area (Å²) in [5.74, 6) is 1.11. The summed E-state index contributed by atoms with van der Waals surface area (Å²) < 4.78 is 5.29. The largest absolute Gasteiger partial charge is 0.497 e. The van der Waals surface area contributed by atoms with Crippen molar-refractivity contribution in [3.63, 3.8) is 0 Å². The van der Waals surface area contributed by atoms with Crippen molar-refractivity contribution in [3.05, 3.63) is 29.8 Å². The van der Waals surface area contributed by atoms with Crippen molar-refractivity contribution >= 4 is 5.91 Å². The average Bonchev–Trinajstić information content (AvgIpc) is 3.17. The molecule has 0 spiro atoms. The Morgan fingerprint density at radius 3 is 2.50 bits per heavy atom. The number of hydrogen-bond acceptors (Lipinski definition) is 4. The molecule has 1 aliphatic carbocycles. The Morgan fingerprint density at radius 1 is 1.12 bits per heavy atom. The number of hydrogen-bond donors (Lipinski definition) is 1. The maximum atomic E-state index is 12.8. The highest BCUT2D eigenvalue weighted by Crippen LogP contribution is 2.33. The summed E-state index contributed by atoms with van der Waals surface area (Å²) in [6, 6.07) is 9.34. The first-order valence-electron chi connectivity index (χ1n) is 10.2. The topological polar surface area (TPSA) is 44.8 Å². The normalized spacial score (nSPS) is 25.3. The number of carbonyl (C=O) groups excluding carboxylic acids is 1. The van der Waals surface area contributed by atoms with Crippen molar-refractivity contribution in [1.29, 1.82) is 0 Å². The monoisotopic (exact) mass is 357 g/mol. The minimum absolute atomic E-state index is 0.0950. The second kappa shape index (κ2) is 7.97. The molecule has 3 fully saturated rings. The van der Waals surface area contributed by atoms with Crippen LogP contribution in [0.1, 0.15) is 50.1 Å². The lowest BCUT2D eigenvalue weighted by molar-refractivity contribution is -0.125. The minimum Gasteiger partial charge on any atom is -0.497 e. The van der Waals surface area contributed by atoms with Crippen LogP contribution in [0.4, 0.5) is 0 Å². The number of benzene rings is 1. The van der Waals surface area contributed by atoms with E-state index in [1.165, 1.54) is 31.2 Å². The summed E-state index contributed by atoms with van der Waals surface area (Å²) in [5, 5.41) is 3.29. The Kier molecular flexibility index (Phi) is 5.46. The van der Waals surface area contributed by atoms with Gasteiger partial charge in [0.05, 0.1) is 19.2 Å². The van der Waals surface area contributed by atoms with E-state index in [0.717, 1.165) is 38.2 Å². The third-order valence-corrected chi connectivity index (χ3v) is 6.16. The van der Waals surface area contributed by atoms with Gasteiger partial charge in [-0.3, -0.25) is 14.6 Å². The Balaban J connectivity index is 1.41. The molecule has 26 heavy (non-hydrogen) atoms. The van der Waals surface area contributed by atoms with Gasteiger partial charge in [0.2, 0.25) is 5.91 Å². The van der Waals surface area contributed by atoms with Gasteiger partial charge in [-0.1, -0.05) is 12.1 Å². The van der Waals surface area contributed by atoms with Crippen LogP contribution >= 0.6 is 0 Å². The second-order valence-electron chi connectivity index (χ2n) is 7.90. The lowest BCUT2D eigenvalue weighted by Crippen LogP contribution is -2.46. The molecule has 142 valence electrons. The lowest BCUT2D eigenvalue weighted by Gasteiger charge is -2.30. The molecule has 1 amide bonds. The SMILES string of the molecule is COc1ccc([C@@H](CNC(=O)[C@H]2CCCN2C2CC2)N2CCCC2)cc1. The van der Waals surface area contributed by atoms with Crippen molar-refractivity contribution in [2.45, 2.75) is 56.7 Å². The van der Waals surface area contributed by atoms with Gasteiger partial charge in [0.25, 0.3) is 0 Å². The fourth-order valence-corrected chi connectivity index (χ4v) is 4.57. The summed E-state index contributed by atoms with van der Waals surface area (Å²) in [4.78, 5) is 17.8. The van der Waals surface area contributed by atoms with Crippen LogP contribution in [0.5, 0.6) is 5.75 Å². The van der Waals surface area contributed by atoms with Gasteiger partial charge < -0.3 is 10.1 Å². The molecule has 0 radical (unpaired) electrons. The summed E-state index contributed by atoms with van der Waals surface area (Å²) in [7, 11) is 1.69. The van der Waals surface area contributed by atoms with Crippen molar-refractivity contribution in [2.24, 2.45) is 0 Å². The fourth-order valence-electron chi connectivity index (χ4n) is 4.57. The van der Waals surface area contributed by atoms with Gasteiger partial charge in [-0.05, 0) is 75.9 Å². The number of ether oxygens (including phenoxy) is 1. The number of nitrogens with zero attached hydrogens (tertiary/aromatic N) is 2. The van der Waals surface area contributed by atoms with E-state index in [0.29, 0.717) is 12.6 Å². The number of carbonyl (C=O) groups is 1. The predicted molar refractivity (Wildman–Crippen MR) is 102 cm³/mol. The first-order chi connectivity index (χ1) is 12.8. The molecular formula is C21H31N3O2. The van der Waals surface area contributed by atoms with Crippen LogP contribution in [0, 0.1) is 0 Å². The van der Waals surface area contributed by atoms with Gasteiger partial charge in [-0.2, -0.15) is 0 Å². The van der Waals surface area contributed by atoms with Crippen LogP contribution in [0.3, 0.4) is 0 Å². The molecule has 2 saturated heterocycles. The van der Waals surface area contributed by atoms with Crippen molar-refractivity contribution in [3.8, 4) is 5.75 Å². The third-order valence-electron chi connectivity index (χ3n) is 6.16. The van der Waals surface area contributed by atoms with Gasteiger partial charge in [-0.25, -0.2) is 0 Å². The molecule has 0 unspecified atom stereocenters. The predicted octanol–water partition coefficient (Wildman–Crippen LogP) is 2.58. The first-order valence-corrected chi connectivity index (χ1v) is 10.2. The summed E-state index contributed by atoms with van der Waals surface area (Å²) in [6.07, 6.45) is 7.21. The maximum absolute atomic E-state index is 12.8. The van der Waals surface area contributed by atoms with E-state index < -0.39 is 0 Å². The molecule has 1 N–H and O–H groups in total. The zero-order chi connectivity index (χ0) is 17.9. The van der Waals surface area contributed by atoms with Crippen LogP contribution in [0.25, 0.3) is 0 Å². The molecule has 1 aromatic rings. The zero-order valence-electron chi connectivity index (χ0n) is 15.8. The molecule has 0 aromatic heterocycles. The Hall–Kier alpha value is -1.59. The number of amides is 1. The summed E-state index contributed by atoms with van der Waals surface area (Å²) >= 11 is 0.